The molecule has 0 spiro atoms. The highest BCUT2D eigenvalue weighted by Crippen LogP contribution is 2.39. The van der Waals surface area contributed by atoms with Gasteiger partial charge < -0.3 is 14.3 Å². The third-order valence-corrected chi connectivity index (χ3v) is 8.70. The van der Waals surface area contributed by atoms with Crippen LogP contribution >= 0.6 is 0 Å². The van der Waals surface area contributed by atoms with Crippen molar-refractivity contribution >= 4 is 8.32 Å². The minimum atomic E-state index is -1.80. The summed E-state index contributed by atoms with van der Waals surface area (Å²) < 4.78 is 12.1. The quantitative estimate of drug-likeness (QED) is 0.631. The molecular weight excluding hydrogens is 244 g/mol. The van der Waals surface area contributed by atoms with E-state index in [2.05, 4.69) is 40.4 Å². The summed E-state index contributed by atoms with van der Waals surface area (Å²) >= 11 is 0. The predicted molar refractivity (Wildman–Crippen MR) is 77.2 cm³/mol. The van der Waals surface area contributed by atoms with Crippen molar-refractivity contribution in [1.82, 2.24) is 0 Å². The summed E-state index contributed by atoms with van der Waals surface area (Å²) in [6.45, 7) is 14.9. The minimum absolute atomic E-state index is 0.0175. The number of aliphatic hydroxyl groups is 1. The predicted octanol–water partition coefficient (Wildman–Crippen LogP) is 3.10. The maximum absolute atomic E-state index is 9.45. The third-order valence-electron chi connectivity index (χ3n) is 4.19. The monoisotopic (exact) mass is 272 g/mol. The van der Waals surface area contributed by atoms with Crippen LogP contribution in [0.3, 0.4) is 0 Å². The lowest BCUT2D eigenvalue weighted by Gasteiger charge is -2.43. The first-order valence-electron chi connectivity index (χ1n) is 6.78. The number of hydrogen-bond donors (Lipinski definition) is 1. The highest BCUT2D eigenvalue weighted by Gasteiger charge is 2.42. The van der Waals surface area contributed by atoms with Crippen LogP contribution in [-0.2, 0) is 9.16 Å². The van der Waals surface area contributed by atoms with Crippen molar-refractivity contribution in [3.8, 4) is 0 Å². The van der Waals surface area contributed by atoms with Gasteiger partial charge in [0.1, 0.15) is 6.10 Å². The summed E-state index contributed by atoms with van der Waals surface area (Å²) in [6, 6.07) is 0. The Labute approximate surface area is 112 Å². The Kier molecular flexibility index (Phi) is 5.18. The normalized spacial score (nSPS) is 30.2. The number of aliphatic hydroxyl groups excluding tert-OH is 1. The second kappa shape index (κ2) is 5.86. The molecule has 0 aromatic rings. The Bertz CT molecular complexity index is 283. The van der Waals surface area contributed by atoms with Crippen LogP contribution < -0.4 is 0 Å². The molecule has 1 fully saturated rings. The average Bonchev–Trinajstić information content (AvgIpc) is 2.27. The first-order valence-corrected chi connectivity index (χ1v) is 9.69. The van der Waals surface area contributed by atoms with Crippen LogP contribution in [-0.4, -0.2) is 38.3 Å². The Morgan fingerprint density at radius 2 is 2.00 bits per heavy atom. The van der Waals surface area contributed by atoms with Gasteiger partial charge in [-0.2, -0.15) is 0 Å². The largest absolute Gasteiger partial charge is 0.411 e. The summed E-state index contributed by atoms with van der Waals surface area (Å²) in [5.41, 5.74) is 0. The zero-order chi connectivity index (χ0) is 14.0. The highest BCUT2D eigenvalue weighted by molar-refractivity contribution is 6.74. The van der Waals surface area contributed by atoms with E-state index in [0.29, 0.717) is 0 Å². The van der Waals surface area contributed by atoms with E-state index >= 15 is 0 Å². The highest BCUT2D eigenvalue weighted by atomic mass is 28.4. The summed E-state index contributed by atoms with van der Waals surface area (Å²) in [7, 11) is -1.80. The first kappa shape index (κ1) is 15.9. The van der Waals surface area contributed by atoms with Crippen molar-refractivity contribution < 1.29 is 14.3 Å². The fraction of sp³-hybridized carbons (Fsp3) is 0.857. The van der Waals surface area contributed by atoms with Gasteiger partial charge in [0.25, 0.3) is 0 Å². The fourth-order valence-corrected chi connectivity index (χ4v) is 3.30. The lowest BCUT2D eigenvalue weighted by atomic mass is 10.0. The summed E-state index contributed by atoms with van der Waals surface area (Å²) in [4.78, 5) is 0. The number of ether oxygens (including phenoxy) is 1. The maximum atomic E-state index is 9.45. The molecule has 0 saturated carbocycles. The molecule has 0 bridgehead atoms. The fourth-order valence-electron chi connectivity index (χ4n) is 1.92. The van der Waals surface area contributed by atoms with Crippen LogP contribution in [0.15, 0.2) is 12.7 Å². The van der Waals surface area contributed by atoms with E-state index in [1.54, 1.807) is 0 Å². The van der Waals surface area contributed by atoms with Crippen molar-refractivity contribution in [2.24, 2.45) is 0 Å². The Morgan fingerprint density at radius 3 is 2.44 bits per heavy atom. The molecule has 3 atom stereocenters. The molecule has 1 saturated heterocycles. The van der Waals surface area contributed by atoms with E-state index in [9.17, 15) is 5.11 Å². The molecule has 18 heavy (non-hydrogen) atoms. The molecule has 0 radical (unpaired) electrons. The van der Waals surface area contributed by atoms with Gasteiger partial charge >= 0.3 is 0 Å². The van der Waals surface area contributed by atoms with Crippen molar-refractivity contribution in [3.63, 3.8) is 0 Å². The lowest BCUT2D eigenvalue weighted by molar-refractivity contribution is -0.113. The van der Waals surface area contributed by atoms with Crippen molar-refractivity contribution in [2.75, 3.05) is 6.61 Å². The second-order valence-electron chi connectivity index (χ2n) is 6.63. The molecular formula is C14H28O3Si. The Hall–Kier alpha value is -0.163. The zero-order valence-corrected chi connectivity index (χ0v) is 13.4. The lowest BCUT2D eigenvalue weighted by Crippen LogP contribution is -2.51. The van der Waals surface area contributed by atoms with Crippen LogP contribution in [0.2, 0.25) is 18.1 Å². The smallest absolute Gasteiger partial charge is 0.192 e. The van der Waals surface area contributed by atoms with Crippen LogP contribution in [0.1, 0.15) is 33.6 Å². The van der Waals surface area contributed by atoms with Crippen LogP contribution in [0.5, 0.6) is 0 Å². The number of rotatable bonds is 4. The third kappa shape index (κ3) is 3.67. The minimum Gasteiger partial charge on any atom is -0.411 e. The van der Waals surface area contributed by atoms with Gasteiger partial charge in [-0.05, 0) is 31.0 Å². The van der Waals surface area contributed by atoms with E-state index in [-0.39, 0.29) is 30.0 Å². The van der Waals surface area contributed by atoms with E-state index < -0.39 is 8.32 Å². The molecule has 0 aliphatic carbocycles. The van der Waals surface area contributed by atoms with Gasteiger partial charge in [-0.3, -0.25) is 0 Å². The molecule has 0 unspecified atom stereocenters. The molecule has 1 heterocycles. The maximum Gasteiger partial charge on any atom is 0.192 e. The van der Waals surface area contributed by atoms with Gasteiger partial charge in [0.05, 0.1) is 18.8 Å². The SMILES string of the molecule is C=C[C@H]1CC[C@H](O[Si](C)(C)C(C)(C)C)[C@@H](CO)O1. The van der Waals surface area contributed by atoms with Crippen LogP contribution in [0, 0.1) is 0 Å². The topological polar surface area (TPSA) is 38.7 Å². The molecule has 1 rings (SSSR count). The van der Waals surface area contributed by atoms with Gasteiger partial charge in [0, 0.05) is 0 Å². The van der Waals surface area contributed by atoms with Gasteiger partial charge in [-0.15, -0.1) is 6.58 Å². The van der Waals surface area contributed by atoms with Crippen LogP contribution in [0.25, 0.3) is 0 Å². The average molecular weight is 272 g/mol. The van der Waals surface area contributed by atoms with Crippen LogP contribution in [0.4, 0.5) is 0 Å². The molecule has 106 valence electrons. The summed E-state index contributed by atoms with van der Waals surface area (Å²) in [6.07, 6.45) is 3.54. The standard InChI is InChI=1S/C14H28O3Si/c1-7-11-8-9-12(13(10-15)16-11)17-18(5,6)14(2,3)4/h7,11-13,15H,1,8-10H2,2-6H3/t11-,12-,13+/m0/s1. The zero-order valence-electron chi connectivity index (χ0n) is 12.4. The first-order chi connectivity index (χ1) is 8.21. The molecule has 0 aromatic carbocycles. The number of hydrogen-bond acceptors (Lipinski definition) is 3. The van der Waals surface area contributed by atoms with Gasteiger partial charge in [0.15, 0.2) is 8.32 Å². The van der Waals surface area contributed by atoms with E-state index in [0.717, 1.165) is 12.8 Å². The summed E-state index contributed by atoms with van der Waals surface area (Å²) in [5, 5.41) is 9.63. The second-order valence-corrected chi connectivity index (χ2v) is 11.4. The van der Waals surface area contributed by atoms with Gasteiger partial charge in [0.2, 0.25) is 0 Å². The van der Waals surface area contributed by atoms with Crippen molar-refractivity contribution in [1.29, 1.82) is 0 Å². The van der Waals surface area contributed by atoms with Crippen molar-refractivity contribution in [3.05, 3.63) is 12.7 Å². The molecule has 3 nitrogen and oxygen atoms in total. The molecule has 0 amide bonds. The van der Waals surface area contributed by atoms with E-state index in [1.165, 1.54) is 0 Å². The molecule has 1 N–H and O–H groups in total. The molecule has 1 aliphatic heterocycles. The van der Waals surface area contributed by atoms with Crippen molar-refractivity contribution in [2.45, 2.75) is 70.1 Å². The molecule has 1 aliphatic rings. The molecule has 4 heteroatoms. The van der Waals surface area contributed by atoms with Gasteiger partial charge in [-0.1, -0.05) is 26.8 Å². The Morgan fingerprint density at radius 1 is 1.39 bits per heavy atom. The molecule has 0 aromatic heterocycles. The van der Waals surface area contributed by atoms with E-state index in [4.69, 9.17) is 9.16 Å². The Balaban J connectivity index is 2.69. The summed E-state index contributed by atoms with van der Waals surface area (Å²) in [5.74, 6) is 0. The van der Waals surface area contributed by atoms with E-state index in [1.807, 2.05) is 6.08 Å². The van der Waals surface area contributed by atoms with Gasteiger partial charge in [-0.25, -0.2) is 0 Å².